The van der Waals surface area contributed by atoms with Gasteiger partial charge >= 0.3 is 0 Å². The SMILES string of the molecule is CC(=O)c1cccc(NC(=O)c2cccc(-n3cc(Br)cn3)c2)c1. The molecule has 0 unspecified atom stereocenters. The molecule has 0 bridgehead atoms. The number of hydrogen-bond acceptors (Lipinski definition) is 3. The number of nitrogens with one attached hydrogen (secondary N) is 1. The van der Waals surface area contributed by atoms with Crippen LogP contribution in [0, 0.1) is 0 Å². The minimum Gasteiger partial charge on any atom is -0.322 e. The number of benzene rings is 2. The summed E-state index contributed by atoms with van der Waals surface area (Å²) in [6.07, 6.45) is 3.49. The van der Waals surface area contributed by atoms with Crippen molar-refractivity contribution in [1.29, 1.82) is 0 Å². The Morgan fingerprint density at radius 2 is 1.83 bits per heavy atom. The van der Waals surface area contributed by atoms with Crippen molar-refractivity contribution in [3.8, 4) is 5.69 Å². The van der Waals surface area contributed by atoms with E-state index in [4.69, 9.17) is 0 Å². The summed E-state index contributed by atoms with van der Waals surface area (Å²) in [4.78, 5) is 23.9. The molecule has 3 aromatic rings. The molecule has 0 aliphatic heterocycles. The number of carbonyl (C=O) groups is 2. The molecule has 0 aliphatic rings. The lowest BCUT2D eigenvalue weighted by molar-refractivity contribution is 0.101. The first-order valence-corrected chi connectivity index (χ1v) is 8.05. The molecule has 1 amide bonds. The molecule has 3 rings (SSSR count). The minimum absolute atomic E-state index is 0.0441. The maximum Gasteiger partial charge on any atom is 0.255 e. The van der Waals surface area contributed by atoms with Gasteiger partial charge < -0.3 is 5.32 Å². The van der Waals surface area contributed by atoms with E-state index in [1.807, 2.05) is 12.3 Å². The number of halogens is 1. The average Bonchev–Trinajstić information content (AvgIpc) is 3.02. The number of carbonyl (C=O) groups excluding carboxylic acids is 2. The third kappa shape index (κ3) is 3.60. The van der Waals surface area contributed by atoms with Crippen molar-refractivity contribution < 1.29 is 9.59 Å². The smallest absolute Gasteiger partial charge is 0.255 e. The van der Waals surface area contributed by atoms with Crippen molar-refractivity contribution in [3.05, 3.63) is 76.5 Å². The van der Waals surface area contributed by atoms with Gasteiger partial charge in [0.05, 0.1) is 16.4 Å². The molecule has 24 heavy (non-hydrogen) atoms. The molecule has 0 radical (unpaired) electrons. The van der Waals surface area contributed by atoms with Crippen LogP contribution in [-0.4, -0.2) is 21.5 Å². The fourth-order valence-corrected chi connectivity index (χ4v) is 2.54. The van der Waals surface area contributed by atoms with Gasteiger partial charge in [0.1, 0.15) is 0 Å². The molecular formula is C18H14BrN3O2. The van der Waals surface area contributed by atoms with Gasteiger partial charge in [0.2, 0.25) is 0 Å². The Morgan fingerprint density at radius 1 is 1.08 bits per heavy atom. The molecule has 0 atom stereocenters. The van der Waals surface area contributed by atoms with Crippen LogP contribution in [0.25, 0.3) is 5.69 Å². The van der Waals surface area contributed by atoms with E-state index in [1.54, 1.807) is 53.3 Å². The molecule has 1 aromatic heterocycles. The molecule has 1 N–H and O–H groups in total. The van der Waals surface area contributed by atoms with Crippen LogP contribution in [0.5, 0.6) is 0 Å². The van der Waals surface area contributed by atoms with Crippen LogP contribution in [0.2, 0.25) is 0 Å². The first-order chi connectivity index (χ1) is 11.5. The summed E-state index contributed by atoms with van der Waals surface area (Å²) < 4.78 is 2.54. The summed E-state index contributed by atoms with van der Waals surface area (Å²) in [5, 5.41) is 7.01. The zero-order chi connectivity index (χ0) is 17.1. The number of aromatic nitrogens is 2. The number of nitrogens with zero attached hydrogens (tertiary/aromatic N) is 2. The van der Waals surface area contributed by atoms with Gasteiger partial charge in [0.15, 0.2) is 5.78 Å². The first-order valence-electron chi connectivity index (χ1n) is 7.26. The summed E-state index contributed by atoms with van der Waals surface area (Å²) in [5.74, 6) is -0.291. The highest BCUT2D eigenvalue weighted by Gasteiger charge is 2.09. The first kappa shape index (κ1) is 16.1. The van der Waals surface area contributed by atoms with Crippen LogP contribution in [0.15, 0.2) is 65.4 Å². The lowest BCUT2D eigenvalue weighted by Crippen LogP contribution is -2.12. The molecule has 2 aromatic carbocycles. The largest absolute Gasteiger partial charge is 0.322 e. The maximum atomic E-state index is 12.4. The number of Topliss-reactive ketones (excluding diaryl/α,β-unsaturated/α-hetero) is 1. The van der Waals surface area contributed by atoms with Crippen LogP contribution in [-0.2, 0) is 0 Å². The van der Waals surface area contributed by atoms with Gasteiger partial charge in [-0.3, -0.25) is 9.59 Å². The van der Waals surface area contributed by atoms with E-state index in [9.17, 15) is 9.59 Å². The Balaban J connectivity index is 1.83. The van der Waals surface area contributed by atoms with E-state index < -0.39 is 0 Å². The monoisotopic (exact) mass is 383 g/mol. The van der Waals surface area contributed by atoms with Crippen LogP contribution in [0.3, 0.4) is 0 Å². The molecular weight excluding hydrogens is 370 g/mol. The predicted molar refractivity (Wildman–Crippen MR) is 95.7 cm³/mol. The summed E-state index contributed by atoms with van der Waals surface area (Å²) in [6.45, 7) is 1.49. The topological polar surface area (TPSA) is 64.0 Å². The maximum absolute atomic E-state index is 12.4. The van der Waals surface area contributed by atoms with Crippen molar-refractivity contribution in [2.45, 2.75) is 6.92 Å². The van der Waals surface area contributed by atoms with Crippen LogP contribution in [0.4, 0.5) is 5.69 Å². The van der Waals surface area contributed by atoms with Gasteiger partial charge in [-0.2, -0.15) is 5.10 Å². The Labute approximate surface area is 147 Å². The molecule has 0 saturated carbocycles. The third-order valence-electron chi connectivity index (χ3n) is 3.45. The van der Waals surface area contributed by atoms with E-state index in [-0.39, 0.29) is 11.7 Å². The molecule has 0 spiro atoms. The molecule has 5 nitrogen and oxygen atoms in total. The zero-order valence-corrected chi connectivity index (χ0v) is 14.4. The van der Waals surface area contributed by atoms with Gasteiger partial charge in [0, 0.05) is 23.0 Å². The Morgan fingerprint density at radius 3 is 2.54 bits per heavy atom. The highest BCUT2D eigenvalue weighted by atomic mass is 79.9. The Kier molecular flexibility index (Phi) is 4.57. The quantitative estimate of drug-likeness (QED) is 0.690. The van der Waals surface area contributed by atoms with E-state index >= 15 is 0 Å². The third-order valence-corrected chi connectivity index (χ3v) is 3.86. The van der Waals surface area contributed by atoms with Crippen LogP contribution < -0.4 is 5.32 Å². The molecule has 0 saturated heterocycles. The van der Waals surface area contributed by atoms with Crippen LogP contribution >= 0.6 is 15.9 Å². The number of hydrogen-bond donors (Lipinski definition) is 1. The Hall–Kier alpha value is -2.73. The highest BCUT2D eigenvalue weighted by molar-refractivity contribution is 9.10. The average molecular weight is 384 g/mol. The lowest BCUT2D eigenvalue weighted by Gasteiger charge is -2.08. The van der Waals surface area contributed by atoms with E-state index in [0.29, 0.717) is 16.8 Å². The van der Waals surface area contributed by atoms with Gasteiger partial charge in [0.25, 0.3) is 5.91 Å². The molecule has 0 aliphatic carbocycles. The fraction of sp³-hybridized carbons (Fsp3) is 0.0556. The number of amides is 1. The van der Waals surface area contributed by atoms with Crippen molar-refractivity contribution >= 4 is 33.3 Å². The molecule has 0 fully saturated rings. The number of ketones is 1. The van der Waals surface area contributed by atoms with Gasteiger partial charge in [-0.15, -0.1) is 0 Å². The minimum atomic E-state index is -0.247. The number of anilines is 1. The van der Waals surface area contributed by atoms with E-state index in [0.717, 1.165) is 10.2 Å². The second-order valence-corrected chi connectivity index (χ2v) is 6.16. The standard InChI is InChI=1S/C18H14BrN3O2/c1-12(23)13-4-2-6-16(8-13)21-18(24)14-5-3-7-17(9-14)22-11-15(19)10-20-22/h2-11H,1H3,(H,21,24). The van der Waals surface area contributed by atoms with E-state index in [1.165, 1.54) is 6.92 Å². The van der Waals surface area contributed by atoms with Crippen molar-refractivity contribution in [1.82, 2.24) is 9.78 Å². The normalized spacial score (nSPS) is 10.4. The van der Waals surface area contributed by atoms with E-state index in [2.05, 4.69) is 26.3 Å². The fourth-order valence-electron chi connectivity index (χ4n) is 2.25. The second kappa shape index (κ2) is 6.80. The zero-order valence-electron chi connectivity index (χ0n) is 12.9. The number of rotatable bonds is 4. The van der Waals surface area contributed by atoms with Crippen LogP contribution in [0.1, 0.15) is 27.6 Å². The van der Waals surface area contributed by atoms with Crippen molar-refractivity contribution in [2.75, 3.05) is 5.32 Å². The van der Waals surface area contributed by atoms with Gasteiger partial charge in [-0.1, -0.05) is 18.2 Å². The van der Waals surface area contributed by atoms with Gasteiger partial charge in [-0.05, 0) is 53.2 Å². The summed E-state index contributed by atoms with van der Waals surface area (Å²) in [7, 11) is 0. The molecule has 6 heteroatoms. The van der Waals surface area contributed by atoms with Crippen molar-refractivity contribution in [2.24, 2.45) is 0 Å². The van der Waals surface area contributed by atoms with Gasteiger partial charge in [-0.25, -0.2) is 4.68 Å². The highest BCUT2D eigenvalue weighted by Crippen LogP contribution is 2.16. The summed E-state index contributed by atoms with van der Waals surface area (Å²) in [6, 6.07) is 14.0. The Bertz CT molecular complexity index is 918. The van der Waals surface area contributed by atoms with Crippen molar-refractivity contribution in [3.63, 3.8) is 0 Å². The summed E-state index contributed by atoms with van der Waals surface area (Å²) >= 11 is 3.35. The molecule has 120 valence electrons. The second-order valence-electron chi connectivity index (χ2n) is 5.24. The molecule has 1 heterocycles. The lowest BCUT2D eigenvalue weighted by atomic mass is 10.1. The summed E-state index contributed by atoms with van der Waals surface area (Å²) in [5.41, 5.74) is 2.43. The predicted octanol–water partition coefficient (Wildman–Crippen LogP) is 4.09.